The summed E-state index contributed by atoms with van der Waals surface area (Å²) in [6.45, 7) is 5.79. The predicted molar refractivity (Wildman–Crippen MR) is 36.0 cm³/mol. The molecular weight excluding hydrogens is 98.1 g/mol. The van der Waals surface area contributed by atoms with Crippen LogP contribution < -0.4 is 0 Å². The van der Waals surface area contributed by atoms with Crippen molar-refractivity contribution in [3.05, 3.63) is 23.9 Å². The number of aliphatic imine (C=N–C) groups is 1. The van der Waals surface area contributed by atoms with Crippen LogP contribution in [0.2, 0.25) is 0 Å². The van der Waals surface area contributed by atoms with Gasteiger partial charge in [0, 0.05) is 18.8 Å². The van der Waals surface area contributed by atoms with E-state index >= 15 is 0 Å². The molecule has 0 aromatic heterocycles. The fourth-order valence-corrected chi connectivity index (χ4v) is 0.631. The average Bonchev–Trinajstić information content (AvgIpc) is 2.12. The summed E-state index contributed by atoms with van der Waals surface area (Å²) in [6.07, 6.45) is 4.72. The van der Waals surface area contributed by atoms with Crippen molar-refractivity contribution in [2.75, 3.05) is 0 Å². The Bertz CT molecular complexity index is 163. The van der Waals surface area contributed by atoms with Crippen LogP contribution in [0, 0.1) is 0 Å². The number of rotatable bonds is 1. The topological polar surface area (TPSA) is 12.4 Å². The molecule has 0 radical (unpaired) electrons. The van der Waals surface area contributed by atoms with Gasteiger partial charge in [0.1, 0.15) is 0 Å². The highest BCUT2D eigenvalue weighted by atomic mass is 14.7. The van der Waals surface area contributed by atoms with Gasteiger partial charge in [0.05, 0.1) is 0 Å². The zero-order valence-electron chi connectivity index (χ0n) is 5.02. The molecule has 42 valence electrons. The summed E-state index contributed by atoms with van der Waals surface area (Å²) in [7, 11) is 0. The second-order valence-electron chi connectivity index (χ2n) is 1.97. The molecule has 0 spiro atoms. The molecule has 1 rings (SSSR count). The SMILES string of the molecule is C=C(C)C1=CN=CC1. The Morgan fingerprint density at radius 2 is 2.62 bits per heavy atom. The van der Waals surface area contributed by atoms with E-state index in [1.54, 1.807) is 0 Å². The van der Waals surface area contributed by atoms with E-state index in [0.29, 0.717) is 0 Å². The molecule has 0 fully saturated rings. The van der Waals surface area contributed by atoms with Crippen molar-refractivity contribution in [2.24, 2.45) is 4.99 Å². The third-order valence-corrected chi connectivity index (χ3v) is 1.20. The maximum absolute atomic E-state index is 3.94. The summed E-state index contributed by atoms with van der Waals surface area (Å²) in [5, 5.41) is 0. The van der Waals surface area contributed by atoms with Crippen LogP contribution in [-0.4, -0.2) is 6.21 Å². The molecule has 1 heterocycles. The van der Waals surface area contributed by atoms with Gasteiger partial charge in [-0.15, -0.1) is 0 Å². The average molecular weight is 107 g/mol. The summed E-state index contributed by atoms with van der Waals surface area (Å²) < 4.78 is 0. The van der Waals surface area contributed by atoms with E-state index in [1.807, 2.05) is 19.3 Å². The van der Waals surface area contributed by atoms with Crippen LogP contribution in [0.4, 0.5) is 0 Å². The molecule has 0 bridgehead atoms. The molecular formula is C7H9N. The van der Waals surface area contributed by atoms with Crippen molar-refractivity contribution in [1.82, 2.24) is 0 Å². The first kappa shape index (κ1) is 5.29. The Balaban J connectivity index is 2.64. The molecule has 0 aromatic rings. The highest BCUT2D eigenvalue weighted by Crippen LogP contribution is 2.13. The van der Waals surface area contributed by atoms with Crippen molar-refractivity contribution < 1.29 is 0 Å². The van der Waals surface area contributed by atoms with E-state index < -0.39 is 0 Å². The van der Waals surface area contributed by atoms with Crippen molar-refractivity contribution in [3.8, 4) is 0 Å². The summed E-state index contributed by atoms with van der Waals surface area (Å²) in [5.74, 6) is 0. The van der Waals surface area contributed by atoms with Crippen molar-refractivity contribution >= 4 is 6.21 Å². The van der Waals surface area contributed by atoms with Crippen LogP contribution in [0.1, 0.15) is 13.3 Å². The van der Waals surface area contributed by atoms with Crippen LogP contribution in [0.5, 0.6) is 0 Å². The highest BCUT2D eigenvalue weighted by Gasteiger charge is 1.98. The Kier molecular flexibility index (Phi) is 1.29. The van der Waals surface area contributed by atoms with Crippen LogP contribution in [0.25, 0.3) is 0 Å². The summed E-state index contributed by atoms with van der Waals surface area (Å²) in [5.41, 5.74) is 2.38. The minimum atomic E-state index is 0.968. The van der Waals surface area contributed by atoms with Crippen LogP contribution in [0.3, 0.4) is 0 Å². The lowest BCUT2D eigenvalue weighted by Gasteiger charge is -1.93. The first-order chi connectivity index (χ1) is 3.80. The second-order valence-corrected chi connectivity index (χ2v) is 1.97. The Morgan fingerprint density at radius 3 is 2.88 bits per heavy atom. The fraction of sp³-hybridized carbons (Fsp3) is 0.286. The third kappa shape index (κ3) is 0.861. The van der Waals surface area contributed by atoms with E-state index in [9.17, 15) is 0 Å². The van der Waals surface area contributed by atoms with Crippen LogP contribution >= 0.6 is 0 Å². The van der Waals surface area contributed by atoms with Crippen molar-refractivity contribution in [1.29, 1.82) is 0 Å². The van der Waals surface area contributed by atoms with Gasteiger partial charge < -0.3 is 0 Å². The van der Waals surface area contributed by atoms with Gasteiger partial charge in [-0.2, -0.15) is 0 Å². The molecule has 0 saturated heterocycles. The normalized spacial score (nSPS) is 16.4. The molecule has 0 aliphatic carbocycles. The number of allylic oxidation sites excluding steroid dienone is 2. The molecule has 0 atom stereocenters. The van der Waals surface area contributed by atoms with E-state index in [2.05, 4.69) is 11.6 Å². The number of nitrogens with zero attached hydrogens (tertiary/aromatic N) is 1. The van der Waals surface area contributed by atoms with Gasteiger partial charge >= 0.3 is 0 Å². The highest BCUT2D eigenvalue weighted by molar-refractivity contribution is 5.67. The quantitative estimate of drug-likeness (QED) is 0.485. The lowest BCUT2D eigenvalue weighted by Crippen LogP contribution is -1.77. The molecule has 1 aliphatic heterocycles. The molecule has 0 amide bonds. The Morgan fingerprint density at radius 1 is 1.88 bits per heavy atom. The zero-order chi connectivity index (χ0) is 5.98. The first-order valence-electron chi connectivity index (χ1n) is 2.67. The second kappa shape index (κ2) is 1.95. The minimum Gasteiger partial charge on any atom is -0.268 e. The lowest BCUT2D eigenvalue weighted by atomic mass is 10.1. The molecule has 0 saturated carbocycles. The first-order valence-corrected chi connectivity index (χ1v) is 2.67. The molecule has 0 N–H and O–H groups in total. The van der Waals surface area contributed by atoms with Crippen LogP contribution in [0.15, 0.2) is 28.9 Å². The maximum atomic E-state index is 3.94. The molecule has 0 unspecified atom stereocenters. The van der Waals surface area contributed by atoms with Gasteiger partial charge in [-0.25, -0.2) is 0 Å². The van der Waals surface area contributed by atoms with Gasteiger partial charge in [0.25, 0.3) is 0 Å². The molecule has 1 nitrogen and oxygen atoms in total. The zero-order valence-corrected chi connectivity index (χ0v) is 5.02. The molecule has 1 heteroatoms. The van der Waals surface area contributed by atoms with E-state index in [4.69, 9.17) is 0 Å². The number of hydrogen-bond donors (Lipinski definition) is 0. The van der Waals surface area contributed by atoms with Gasteiger partial charge in [0.2, 0.25) is 0 Å². The standard InChI is InChI=1S/C7H9N/c1-6(2)7-3-4-8-5-7/h4-5H,1,3H2,2H3. The Hall–Kier alpha value is -0.850. The van der Waals surface area contributed by atoms with Crippen molar-refractivity contribution in [3.63, 3.8) is 0 Å². The van der Waals surface area contributed by atoms with Gasteiger partial charge in [0.15, 0.2) is 0 Å². The largest absolute Gasteiger partial charge is 0.268 e. The minimum absolute atomic E-state index is 0.968. The van der Waals surface area contributed by atoms with Gasteiger partial charge in [-0.3, -0.25) is 4.99 Å². The monoisotopic (exact) mass is 107 g/mol. The lowest BCUT2D eigenvalue weighted by molar-refractivity contribution is 1.31. The third-order valence-electron chi connectivity index (χ3n) is 1.20. The summed E-state index contributed by atoms with van der Waals surface area (Å²) >= 11 is 0. The summed E-state index contributed by atoms with van der Waals surface area (Å²) in [4.78, 5) is 3.94. The van der Waals surface area contributed by atoms with E-state index in [-0.39, 0.29) is 0 Å². The van der Waals surface area contributed by atoms with Crippen LogP contribution in [-0.2, 0) is 0 Å². The molecule has 0 aromatic carbocycles. The van der Waals surface area contributed by atoms with Gasteiger partial charge in [-0.05, 0) is 12.5 Å². The predicted octanol–water partition coefficient (Wildman–Crippen LogP) is 1.92. The Labute approximate surface area is 49.4 Å². The molecule has 8 heavy (non-hydrogen) atoms. The maximum Gasteiger partial charge on any atom is 0.0302 e. The fourth-order valence-electron chi connectivity index (χ4n) is 0.631. The van der Waals surface area contributed by atoms with Crippen molar-refractivity contribution in [2.45, 2.75) is 13.3 Å². The molecule has 1 aliphatic rings. The van der Waals surface area contributed by atoms with E-state index in [0.717, 1.165) is 12.0 Å². The number of hydrogen-bond acceptors (Lipinski definition) is 1. The van der Waals surface area contributed by atoms with Gasteiger partial charge in [-0.1, -0.05) is 12.2 Å². The smallest absolute Gasteiger partial charge is 0.0302 e. The summed E-state index contributed by atoms with van der Waals surface area (Å²) in [6, 6.07) is 0. The van der Waals surface area contributed by atoms with E-state index in [1.165, 1.54) is 5.57 Å².